The lowest BCUT2D eigenvalue weighted by molar-refractivity contribution is 0.101. The van der Waals surface area contributed by atoms with E-state index in [1.165, 1.54) is 6.92 Å². The molecule has 144 valence electrons. The number of anilines is 1. The highest BCUT2D eigenvalue weighted by molar-refractivity contribution is 6.31. The zero-order chi connectivity index (χ0) is 19.8. The first-order chi connectivity index (χ1) is 13.0. The SMILES string of the molecule is CCN(CC)C(CNC(=O)Nc1cccc(C(C)=O)c1)c1ccccc1Cl. The summed E-state index contributed by atoms with van der Waals surface area (Å²) in [6.07, 6.45) is 0. The zero-order valence-corrected chi connectivity index (χ0v) is 16.7. The third-order valence-electron chi connectivity index (χ3n) is 4.50. The zero-order valence-electron chi connectivity index (χ0n) is 16.0. The number of carbonyl (C=O) groups is 2. The van der Waals surface area contributed by atoms with E-state index in [-0.39, 0.29) is 17.9 Å². The molecule has 5 nitrogen and oxygen atoms in total. The van der Waals surface area contributed by atoms with Crippen molar-refractivity contribution in [2.45, 2.75) is 26.8 Å². The van der Waals surface area contributed by atoms with E-state index in [0.29, 0.717) is 22.8 Å². The molecule has 0 radical (unpaired) electrons. The Morgan fingerprint density at radius 3 is 2.41 bits per heavy atom. The van der Waals surface area contributed by atoms with Crippen LogP contribution in [0.2, 0.25) is 5.02 Å². The van der Waals surface area contributed by atoms with Crippen molar-refractivity contribution < 1.29 is 9.59 Å². The molecule has 0 bridgehead atoms. The fourth-order valence-corrected chi connectivity index (χ4v) is 3.29. The minimum absolute atomic E-state index is 0.0250. The lowest BCUT2D eigenvalue weighted by Crippen LogP contribution is -2.39. The topological polar surface area (TPSA) is 61.4 Å². The summed E-state index contributed by atoms with van der Waals surface area (Å²) in [5, 5.41) is 6.39. The van der Waals surface area contributed by atoms with E-state index in [9.17, 15) is 9.59 Å². The van der Waals surface area contributed by atoms with Gasteiger partial charge in [-0.15, -0.1) is 0 Å². The summed E-state index contributed by atoms with van der Waals surface area (Å²) in [4.78, 5) is 26.1. The Hall–Kier alpha value is -2.37. The average molecular weight is 388 g/mol. The van der Waals surface area contributed by atoms with Crippen LogP contribution in [0.3, 0.4) is 0 Å². The number of nitrogens with zero attached hydrogens (tertiary/aromatic N) is 1. The van der Waals surface area contributed by atoms with E-state index >= 15 is 0 Å². The van der Waals surface area contributed by atoms with Crippen LogP contribution in [-0.2, 0) is 0 Å². The molecular weight excluding hydrogens is 362 g/mol. The van der Waals surface area contributed by atoms with E-state index in [2.05, 4.69) is 29.4 Å². The highest BCUT2D eigenvalue weighted by Crippen LogP contribution is 2.27. The van der Waals surface area contributed by atoms with Crippen molar-refractivity contribution in [3.05, 3.63) is 64.7 Å². The molecule has 2 amide bonds. The standard InChI is InChI=1S/C21H26ClN3O2/c1-4-25(5-2)20(18-11-6-7-12-19(18)22)14-23-21(27)24-17-10-8-9-16(13-17)15(3)26/h6-13,20H,4-5,14H2,1-3H3,(H2,23,24,27). The van der Waals surface area contributed by atoms with Gasteiger partial charge < -0.3 is 10.6 Å². The maximum atomic E-state index is 12.4. The third kappa shape index (κ3) is 5.81. The lowest BCUT2D eigenvalue weighted by Gasteiger charge is -2.30. The molecule has 0 aromatic heterocycles. The number of carbonyl (C=O) groups excluding carboxylic acids is 2. The third-order valence-corrected chi connectivity index (χ3v) is 4.84. The van der Waals surface area contributed by atoms with E-state index < -0.39 is 0 Å². The summed E-state index contributed by atoms with van der Waals surface area (Å²) in [6, 6.07) is 14.2. The predicted molar refractivity (Wildman–Crippen MR) is 111 cm³/mol. The largest absolute Gasteiger partial charge is 0.336 e. The van der Waals surface area contributed by atoms with E-state index in [1.807, 2.05) is 24.3 Å². The molecule has 0 saturated heterocycles. The monoisotopic (exact) mass is 387 g/mol. The van der Waals surface area contributed by atoms with Gasteiger partial charge in [-0.05, 0) is 43.8 Å². The highest BCUT2D eigenvalue weighted by Gasteiger charge is 2.21. The van der Waals surface area contributed by atoms with Crippen LogP contribution in [0, 0.1) is 0 Å². The van der Waals surface area contributed by atoms with Crippen LogP contribution in [0.5, 0.6) is 0 Å². The van der Waals surface area contributed by atoms with Gasteiger partial charge in [-0.25, -0.2) is 4.79 Å². The number of Topliss-reactive ketones (excluding diaryl/α,β-unsaturated/α-hetero) is 1. The van der Waals surface area contributed by atoms with Gasteiger partial charge in [0.1, 0.15) is 0 Å². The normalized spacial score (nSPS) is 11.9. The van der Waals surface area contributed by atoms with Crippen molar-refractivity contribution >= 4 is 29.1 Å². The number of halogens is 1. The Labute approximate surface area is 165 Å². The van der Waals surface area contributed by atoms with Crippen molar-refractivity contribution in [2.75, 3.05) is 25.0 Å². The number of hydrogen-bond acceptors (Lipinski definition) is 3. The minimum Gasteiger partial charge on any atom is -0.336 e. The van der Waals surface area contributed by atoms with Gasteiger partial charge in [0, 0.05) is 22.8 Å². The first-order valence-electron chi connectivity index (χ1n) is 9.10. The molecule has 0 aliphatic carbocycles. The molecule has 0 fully saturated rings. The Kier molecular flexibility index (Phi) is 7.82. The molecule has 0 heterocycles. The van der Waals surface area contributed by atoms with Crippen molar-refractivity contribution in [3.8, 4) is 0 Å². The molecule has 2 rings (SSSR count). The molecule has 2 aromatic rings. The van der Waals surface area contributed by atoms with Crippen LogP contribution in [0.25, 0.3) is 0 Å². The number of likely N-dealkylation sites (N-methyl/N-ethyl adjacent to an activating group) is 1. The second-order valence-corrected chi connectivity index (χ2v) is 6.64. The Morgan fingerprint density at radius 1 is 1.07 bits per heavy atom. The summed E-state index contributed by atoms with van der Waals surface area (Å²) in [5.41, 5.74) is 2.13. The molecule has 0 saturated carbocycles. The van der Waals surface area contributed by atoms with Crippen LogP contribution in [0.1, 0.15) is 42.7 Å². The van der Waals surface area contributed by atoms with E-state index in [0.717, 1.165) is 18.7 Å². The van der Waals surface area contributed by atoms with Gasteiger partial charge in [0.05, 0.1) is 6.04 Å². The molecule has 1 unspecified atom stereocenters. The van der Waals surface area contributed by atoms with E-state index in [1.54, 1.807) is 24.3 Å². The van der Waals surface area contributed by atoms with Crippen LogP contribution >= 0.6 is 11.6 Å². The second kappa shape index (κ2) is 10.1. The van der Waals surface area contributed by atoms with Crippen LogP contribution in [0.4, 0.5) is 10.5 Å². The fraction of sp³-hybridized carbons (Fsp3) is 0.333. The highest BCUT2D eigenvalue weighted by atomic mass is 35.5. The summed E-state index contributed by atoms with van der Waals surface area (Å²) < 4.78 is 0. The number of amides is 2. The lowest BCUT2D eigenvalue weighted by atomic mass is 10.0. The number of benzene rings is 2. The second-order valence-electron chi connectivity index (χ2n) is 6.23. The molecule has 0 spiro atoms. The van der Waals surface area contributed by atoms with Crippen LogP contribution in [-0.4, -0.2) is 36.3 Å². The number of nitrogens with one attached hydrogen (secondary N) is 2. The van der Waals surface area contributed by atoms with Crippen LogP contribution < -0.4 is 10.6 Å². The smallest absolute Gasteiger partial charge is 0.319 e. The first-order valence-corrected chi connectivity index (χ1v) is 9.48. The van der Waals surface area contributed by atoms with Gasteiger partial charge in [0.2, 0.25) is 0 Å². The number of ketones is 1. The Balaban J connectivity index is 2.08. The van der Waals surface area contributed by atoms with Crippen molar-refractivity contribution in [1.29, 1.82) is 0 Å². The Morgan fingerprint density at radius 2 is 1.78 bits per heavy atom. The van der Waals surface area contributed by atoms with E-state index in [4.69, 9.17) is 11.6 Å². The molecule has 6 heteroatoms. The average Bonchev–Trinajstić information content (AvgIpc) is 2.66. The number of urea groups is 1. The minimum atomic E-state index is -0.320. The maximum Gasteiger partial charge on any atom is 0.319 e. The molecule has 1 atom stereocenters. The summed E-state index contributed by atoms with van der Waals surface area (Å²) in [7, 11) is 0. The van der Waals surface area contributed by atoms with Gasteiger partial charge in [0.25, 0.3) is 0 Å². The van der Waals surface area contributed by atoms with Gasteiger partial charge in [-0.1, -0.05) is 55.8 Å². The predicted octanol–water partition coefficient (Wildman–Crippen LogP) is 4.75. The van der Waals surface area contributed by atoms with Crippen molar-refractivity contribution in [2.24, 2.45) is 0 Å². The maximum absolute atomic E-state index is 12.4. The summed E-state index contributed by atoms with van der Waals surface area (Å²) in [6.45, 7) is 7.77. The fourth-order valence-electron chi connectivity index (χ4n) is 3.03. The van der Waals surface area contributed by atoms with Gasteiger partial charge in [-0.3, -0.25) is 9.69 Å². The molecular formula is C21H26ClN3O2. The van der Waals surface area contributed by atoms with Gasteiger partial charge >= 0.3 is 6.03 Å². The van der Waals surface area contributed by atoms with Crippen molar-refractivity contribution in [3.63, 3.8) is 0 Å². The Bertz CT molecular complexity index is 791. The molecule has 2 N–H and O–H groups in total. The van der Waals surface area contributed by atoms with Crippen molar-refractivity contribution in [1.82, 2.24) is 10.2 Å². The van der Waals surface area contributed by atoms with Gasteiger partial charge in [0.15, 0.2) is 5.78 Å². The molecule has 2 aromatic carbocycles. The molecule has 0 aliphatic rings. The van der Waals surface area contributed by atoms with Gasteiger partial charge in [-0.2, -0.15) is 0 Å². The van der Waals surface area contributed by atoms with Crippen LogP contribution in [0.15, 0.2) is 48.5 Å². The first kappa shape index (κ1) is 20.9. The summed E-state index contributed by atoms with van der Waals surface area (Å²) >= 11 is 6.38. The molecule has 0 aliphatic heterocycles. The number of hydrogen-bond donors (Lipinski definition) is 2. The summed E-state index contributed by atoms with van der Waals surface area (Å²) in [5.74, 6) is -0.0422. The number of rotatable bonds is 8. The molecule has 27 heavy (non-hydrogen) atoms. The quantitative estimate of drug-likeness (QED) is 0.642.